The molecule has 0 spiro atoms. The molecule has 1 aromatic heterocycles. The summed E-state index contributed by atoms with van der Waals surface area (Å²) < 4.78 is 15.6. The molecule has 1 heterocycles. The number of hydrogen-bond donors (Lipinski definition) is 1. The Bertz CT molecular complexity index is 736. The Morgan fingerprint density at radius 2 is 1.96 bits per heavy atom. The summed E-state index contributed by atoms with van der Waals surface area (Å²) >= 11 is 0. The minimum Gasteiger partial charge on any atom is -0.496 e. The second-order valence-corrected chi connectivity index (χ2v) is 6.19. The maximum Gasteiger partial charge on any atom is 0.325 e. The fourth-order valence-corrected chi connectivity index (χ4v) is 3.00. The van der Waals surface area contributed by atoms with Gasteiger partial charge in [0.1, 0.15) is 11.8 Å². The van der Waals surface area contributed by atoms with E-state index in [0.29, 0.717) is 30.3 Å². The van der Waals surface area contributed by atoms with Gasteiger partial charge in [-0.3, -0.25) is 9.69 Å². The lowest BCUT2D eigenvalue weighted by Gasteiger charge is -2.24. The zero-order valence-electron chi connectivity index (χ0n) is 15.8. The summed E-state index contributed by atoms with van der Waals surface area (Å²) in [5.74, 6) is 0.723. The lowest BCUT2D eigenvalue weighted by atomic mass is 9.99. The van der Waals surface area contributed by atoms with Gasteiger partial charge in [-0.05, 0) is 37.6 Å². The largest absolute Gasteiger partial charge is 0.496 e. The predicted octanol–water partition coefficient (Wildman–Crippen LogP) is 2.14. The molecular formula is C18H25N3O5. The Balaban J connectivity index is 2.21. The molecule has 2 rings (SSSR count). The number of rotatable bonds is 9. The smallest absolute Gasteiger partial charge is 0.325 e. The monoisotopic (exact) mass is 363 g/mol. The van der Waals surface area contributed by atoms with Crippen LogP contribution in [-0.4, -0.2) is 54.0 Å². The van der Waals surface area contributed by atoms with Gasteiger partial charge in [-0.25, -0.2) is 0 Å². The third-order valence-corrected chi connectivity index (χ3v) is 4.10. The molecule has 2 aromatic rings. The first kappa shape index (κ1) is 19.9. The normalized spacial score (nSPS) is 12.4. The summed E-state index contributed by atoms with van der Waals surface area (Å²) in [6, 6.07) is 2.82. The molecule has 0 bridgehead atoms. The van der Waals surface area contributed by atoms with E-state index < -0.39 is 12.0 Å². The zero-order valence-corrected chi connectivity index (χ0v) is 15.8. The van der Waals surface area contributed by atoms with Crippen molar-refractivity contribution in [2.24, 2.45) is 0 Å². The van der Waals surface area contributed by atoms with Crippen molar-refractivity contribution >= 4 is 5.97 Å². The van der Waals surface area contributed by atoms with E-state index in [-0.39, 0.29) is 6.54 Å². The minimum absolute atomic E-state index is 0.223. The van der Waals surface area contributed by atoms with Gasteiger partial charge < -0.3 is 19.1 Å². The van der Waals surface area contributed by atoms with E-state index in [2.05, 4.69) is 10.1 Å². The van der Waals surface area contributed by atoms with Crippen LogP contribution in [0.15, 0.2) is 16.7 Å². The highest BCUT2D eigenvalue weighted by atomic mass is 16.5. The summed E-state index contributed by atoms with van der Waals surface area (Å²) in [5, 5.41) is 13.6. The van der Waals surface area contributed by atoms with Crippen LogP contribution in [-0.2, 0) is 22.5 Å². The summed E-state index contributed by atoms with van der Waals surface area (Å²) in [5.41, 5.74) is 2.46. The van der Waals surface area contributed by atoms with Crippen molar-refractivity contribution in [1.82, 2.24) is 15.0 Å². The third kappa shape index (κ3) is 4.59. The Hall–Kier alpha value is -2.45. The van der Waals surface area contributed by atoms with Crippen LogP contribution < -0.4 is 4.74 Å². The molecule has 0 amide bonds. The molecule has 8 heteroatoms. The van der Waals surface area contributed by atoms with Gasteiger partial charge in [0.25, 0.3) is 0 Å². The highest BCUT2D eigenvalue weighted by molar-refractivity contribution is 5.76. The van der Waals surface area contributed by atoms with E-state index in [1.807, 2.05) is 26.0 Å². The summed E-state index contributed by atoms with van der Waals surface area (Å²) in [6.45, 7) is 4.51. The number of nitrogens with zero attached hydrogens (tertiary/aromatic N) is 3. The second kappa shape index (κ2) is 8.77. The van der Waals surface area contributed by atoms with Gasteiger partial charge in [-0.2, -0.15) is 4.98 Å². The molecule has 0 aliphatic rings. The van der Waals surface area contributed by atoms with Crippen LogP contribution in [0.2, 0.25) is 0 Å². The van der Waals surface area contributed by atoms with E-state index in [1.165, 1.54) is 0 Å². The zero-order chi connectivity index (χ0) is 19.3. The molecule has 8 nitrogen and oxygen atoms in total. The van der Waals surface area contributed by atoms with Gasteiger partial charge in [0.15, 0.2) is 5.82 Å². The molecule has 142 valence electrons. The Morgan fingerprint density at radius 3 is 2.50 bits per heavy atom. The average Bonchev–Trinajstić information content (AvgIpc) is 2.99. The summed E-state index contributed by atoms with van der Waals surface area (Å²) in [4.78, 5) is 17.8. The Kier molecular flexibility index (Phi) is 6.70. The molecule has 1 atom stereocenters. The molecule has 1 aromatic carbocycles. The van der Waals surface area contributed by atoms with Crippen molar-refractivity contribution in [3.63, 3.8) is 0 Å². The molecule has 0 unspecified atom stereocenters. The first-order valence-electron chi connectivity index (χ1n) is 8.26. The van der Waals surface area contributed by atoms with Gasteiger partial charge in [0.2, 0.25) is 5.89 Å². The van der Waals surface area contributed by atoms with E-state index in [4.69, 9.17) is 14.0 Å². The van der Waals surface area contributed by atoms with Gasteiger partial charge in [0, 0.05) is 13.5 Å². The standard InChI is InChI=1S/C18H25N3O5/c1-11-8-13(9-12(2)17(11)25-5)16(18(22)23)21(3)10-15-19-14(20-26-15)6-7-24-4/h8-9,16H,6-7,10H2,1-5H3,(H,22,23)/t16-/m1/s1. The highest BCUT2D eigenvalue weighted by Gasteiger charge is 2.27. The van der Waals surface area contributed by atoms with Crippen LogP contribution in [0.1, 0.15) is 34.4 Å². The first-order chi connectivity index (χ1) is 12.4. The van der Waals surface area contributed by atoms with Crippen molar-refractivity contribution in [1.29, 1.82) is 0 Å². The number of carbonyl (C=O) groups is 1. The van der Waals surface area contributed by atoms with Gasteiger partial charge in [-0.15, -0.1) is 0 Å². The fourth-order valence-electron chi connectivity index (χ4n) is 3.00. The third-order valence-electron chi connectivity index (χ3n) is 4.10. The van der Waals surface area contributed by atoms with Crippen molar-refractivity contribution in [3.8, 4) is 5.75 Å². The van der Waals surface area contributed by atoms with Crippen molar-refractivity contribution in [3.05, 3.63) is 40.5 Å². The molecule has 0 radical (unpaired) electrons. The predicted molar refractivity (Wildman–Crippen MR) is 94.2 cm³/mol. The Labute approximate surface area is 152 Å². The van der Waals surface area contributed by atoms with Crippen molar-refractivity contribution in [2.75, 3.05) is 27.9 Å². The molecule has 1 N–H and O–H groups in total. The first-order valence-corrected chi connectivity index (χ1v) is 8.26. The number of benzene rings is 1. The Morgan fingerprint density at radius 1 is 1.31 bits per heavy atom. The molecule has 0 aliphatic heterocycles. The number of aliphatic carboxylic acids is 1. The van der Waals surface area contributed by atoms with Crippen molar-refractivity contribution in [2.45, 2.75) is 32.9 Å². The number of carboxylic acids is 1. The van der Waals surface area contributed by atoms with Crippen LogP contribution in [0.5, 0.6) is 5.75 Å². The van der Waals surface area contributed by atoms with E-state index in [9.17, 15) is 9.90 Å². The molecule has 0 saturated carbocycles. The minimum atomic E-state index is -0.949. The fraction of sp³-hybridized carbons (Fsp3) is 0.500. The van der Waals surface area contributed by atoms with E-state index >= 15 is 0 Å². The van der Waals surface area contributed by atoms with Crippen LogP contribution in [0.4, 0.5) is 0 Å². The number of likely N-dealkylation sites (N-methyl/N-ethyl adjacent to an activating group) is 1. The lowest BCUT2D eigenvalue weighted by molar-refractivity contribution is -0.143. The number of ether oxygens (including phenoxy) is 2. The van der Waals surface area contributed by atoms with Crippen molar-refractivity contribution < 1.29 is 23.9 Å². The maximum atomic E-state index is 11.9. The van der Waals surface area contributed by atoms with E-state index in [1.54, 1.807) is 26.2 Å². The highest BCUT2D eigenvalue weighted by Crippen LogP contribution is 2.30. The number of methoxy groups -OCH3 is 2. The average molecular weight is 363 g/mol. The lowest BCUT2D eigenvalue weighted by Crippen LogP contribution is -2.30. The SMILES string of the molecule is COCCc1noc(CN(C)[C@@H](C(=O)O)c2cc(C)c(OC)c(C)c2)n1. The number of hydrogen-bond acceptors (Lipinski definition) is 7. The van der Waals surface area contributed by atoms with Crippen LogP contribution in [0, 0.1) is 13.8 Å². The van der Waals surface area contributed by atoms with Crippen LogP contribution in [0.25, 0.3) is 0 Å². The van der Waals surface area contributed by atoms with Crippen LogP contribution >= 0.6 is 0 Å². The van der Waals surface area contributed by atoms with Crippen LogP contribution in [0.3, 0.4) is 0 Å². The van der Waals surface area contributed by atoms with Gasteiger partial charge >= 0.3 is 5.97 Å². The van der Waals surface area contributed by atoms with E-state index in [0.717, 1.165) is 16.9 Å². The molecule has 0 aliphatic carbocycles. The number of aromatic nitrogens is 2. The molecular weight excluding hydrogens is 338 g/mol. The topological polar surface area (TPSA) is 97.9 Å². The molecule has 0 saturated heterocycles. The second-order valence-electron chi connectivity index (χ2n) is 6.19. The summed E-state index contributed by atoms with van der Waals surface area (Å²) in [6.07, 6.45) is 0.545. The van der Waals surface area contributed by atoms with Gasteiger partial charge in [-0.1, -0.05) is 17.3 Å². The molecule has 0 fully saturated rings. The number of aryl methyl sites for hydroxylation is 2. The summed E-state index contributed by atoms with van der Waals surface area (Å²) in [7, 11) is 4.92. The van der Waals surface area contributed by atoms with Gasteiger partial charge in [0.05, 0.1) is 20.3 Å². The quantitative estimate of drug-likeness (QED) is 0.724. The molecule has 26 heavy (non-hydrogen) atoms. The maximum absolute atomic E-state index is 11.9. The number of carboxylic acid groups (broad SMARTS) is 1.